The van der Waals surface area contributed by atoms with Gasteiger partial charge in [-0.1, -0.05) is 80.9 Å². The van der Waals surface area contributed by atoms with Crippen LogP contribution in [-0.2, 0) is 4.43 Å². The molecule has 166 valence electrons. The summed E-state index contributed by atoms with van der Waals surface area (Å²) in [5, 5.41) is 0.303. The van der Waals surface area contributed by atoms with Crippen molar-refractivity contribution in [2.45, 2.75) is 113 Å². The van der Waals surface area contributed by atoms with E-state index < -0.39 is 8.32 Å². The van der Waals surface area contributed by atoms with Crippen LogP contribution in [0.3, 0.4) is 0 Å². The molecule has 2 heteroatoms. The van der Waals surface area contributed by atoms with Gasteiger partial charge >= 0.3 is 0 Å². The molecule has 0 saturated heterocycles. The molecule has 0 heterocycles. The second-order valence-electron chi connectivity index (χ2n) is 12.2. The Bertz CT molecular complexity index is 485. The molecule has 1 aliphatic rings. The van der Waals surface area contributed by atoms with Crippen LogP contribution >= 0.6 is 0 Å². The Morgan fingerprint density at radius 2 is 1.64 bits per heavy atom. The summed E-state index contributed by atoms with van der Waals surface area (Å²) in [5.74, 6) is 3.98. The minimum atomic E-state index is -1.62. The van der Waals surface area contributed by atoms with Gasteiger partial charge in [0.05, 0.1) is 0 Å². The lowest BCUT2D eigenvalue weighted by molar-refractivity contribution is 0.175. The average molecular weight is 409 g/mol. The Hall–Kier alpha value is -0.0831. The van der Waals surface area contributed by atoms with Gasteiger partial charge in [0.15, 0.2) is 8.32 Å². The molecule has 1 fully saturated rings. The van der Waals surface area contributed by atoms with Crippen LogP contribution in [0.5, 0.6) is 0 Å². The summed E-state index contributed by atoms with van der Waals surface area (Å²) in [7, 11) is -1.62. The van der Waals surface area contributed by atoms with Crippen LogP contribution in [-0.4, -0.2) is 14.9 Å². The van der Waals surface area contributed by atoms with E-state index in [1.165, 1.54) is 32.1 Å². The number of allylic oxidation sites excluding steroid dienone is 2. The van der Waals surface area contributed by atoms with E-state index in [9.17, 15) is 0 Å². The van der Waals surface area contributed by atoms with E-state index in [4.69, 9.17) is 4.43 Å². The largest absolute Gasteiger partial charge is 0.417 e. The van der Waals surface area contributed by atoms with Gasteiger partial charge in [0, 0.05) is 6.61 Å². The normalized spacial score (nSPS) is 27.0. The minimum absolute atomic E-state index is 0.277. The number of hydrogen-bond acceptors (Lipinski definition) is 1. The highest BCUT2D eigenvalue weighted by Gasteiger charge is 2.37. The summed E-state index contributed by atoms with van der Waals surface area (Å²) in [6.07, 6.45) is 11.8. The highest BCUT2D eigenvalue weighted by molar-refractivity contribution is 6.74. The first-order valence-corrected chi connectivity index (χ1v) is 14.9. The van der Waals surface area contributed by atoms with E-state index in [-0.39, 0.29) is 5.41 Å². The van der Waals surface area contributed by atoms with E-state index in [1.807, 2.05) is 0 Å². The van der Waals surface area contributed by atoms with Gasteiger partial charge in [-0.15, -0.1) is 0 Å². The molecular formula is C26H52OSi. The topological polar surface area (TPSA) is 9.23 Å². The molecule has 0 aromatic heterocycles. The van der Waals surface area contributed by atoms with Crippen LogP contribution in [0.2, 0.25) is 18.1 Å². The fourth-order valence-corrected chi connectivity index (χ4v) is 5.49. The first-order valence-electron chi connectivity index (χ1n) is 12.0. The average Bonchev–Trinajstić information content (AvgIpc) is 2.55. The van der Waals surface area contributed by atoms with Crippen molar-refractivity contribution in [2.24, 2.45) is 35.0 Å². The molecule has 0 aromatic carbocycles. The number of hydrogen-bond donors (Lipinski definition) is 0. The van der Waals surface area contributed by atoms with Gasteiger partial charge in [-0.05, 0) is 78.8 Å². The monoisotopic (exact) mass is 408 g/mol. The van der Waals surface area contributed by atoms with E-state index in [2.05, 4.69) is 87.6 Å². The van der Waals surface area contributed by atoms with Gasteiger partial charge in [0.2, 0.25) is 0 Å². The molecule has 1 nitrogen and oxygen atoms in total. The zero-order valence-corrected chi connectivity index (χ0v) is 22.2. The summed E-state index contributed by atoms with van der Waals surface area (Å²) in [4.78, 5) is 0. The summed E-state index contributed by atoms with van der Waals surface area (Å²) in [6.45, 7) is 27.2. The third-order valence-electron chi connectivity index (χ3n) is 8.25. The van der Waals surface area contributed by atoms with Crippen LogP contribution in [0.25, 0.3) is 0 Å². The quantitative estimate of drug-likeness (QED) is 0.210. The van der Waals surface area contributed by atoms with Crippen molar-refractivity contribution in [3.63, 3.8) is 0 Å². The van der Waals surface area contributed by atoms with Crippen LogP contribution in [0.4, 0.5) is 0 Å². The molecule has 0 amide bonds. The summed E-state index contributed by atoms with van der Waals surface area (Å²) >= 11 is 0. The highest BCUT2D eigenvalue weighted by Crippen LogP contribution is 2.41. The predicted molar refractivity (Wildman–Crippen MR) is 129 cm³/mol. The Balaban J connectivity index is 2.73. The van der Waals surface area contributed by atoms with Crippen molar-refractivity contribution in [1.29, 1.82) is 0 Å². The van der Waals surface area contributed by atoms with Crippen LogP contribution in [0.1, 0.15) is 94.4 Å². The van der Waals surface area contributed by atoms with Crippen molar-refractivity contribution < 1.29 is 4.43 Å². The first-order chi connectivity index (χ1) is 12.7. The van der Waals surface area contributed by atoms with E-state index in [0.717, 1.165) is 30.3 Å². The van der Waals surface area contributed by atoms with Crippen molar-refractivity contribution in [3.05, 3.63) is 12.2 Å². The standard InChI is InChI=1S/C26H52OSi/c1-20(2)24-14-13-22(5)19-23(24)15-17-26(9,21(3)4)16-12-18-27-28(10,11)25(6,7)8/h15,17,20-24H,12-14,16,18-19H2,1-11H3/b17-15+/t22-,23-,24+,26-/m1/s1. The van der Waals surface area contributed by atoms with Crippen LogP contribution < -0.4 is 0 Å². The third kappa shape index (κ3) is 7.31. The Morgan fingerprint density at radius 1 is 1.04 bits per heavy atom. The lowest BCUT2D eigenvalue weighted by Crippen LogP contribution is -2.41. The maximum Gasteiger partial charge on any atom is 0.191 e. The molecule has 0 aliphatic heterocycles. The van der Waals surface area contributed by atoms with Gasteiger partial charge in [-0.2, -0.15) is 0 Å². The zero-order chi connectivity index (χ0) is 21.8. The Kier molecular flexibility index (Phi) is 9.54. The molecule has 4 atom stereocenters. The molecule has 0 unspecified atom stereocenters. The van der Waals surface area contributed by atoms with E-state index >= 15 is 0 Å². The molecule has 0 aromatic rings. The lowest BCUT2D eigenvalue weighted by Gasteiger charge is -2.38. The molecule has 0 N–H and O–H groups in total. The van der Waals surface area contributed by atoms with Gasteiger partial charge < -0.3 is 4.43 Å². The molecule has 0 spiro atoms. The van der Waals surface area contributed by atoms with Gasteiger partial charge in [-0.3, -0.25) is 0 Å². The van der Waals surface area contributed by atoms with Crippen molar-refractivity contribution in [3.8, 4) is 0 Å². The maximum absolute atomic E-state index is 6.44. The van der Waals surface area contributed by atoms with Crippen molar-refractivity contribution >= 4 is 8.32 Å². The van der Waals surface area contributed by atoms with Crippen molar-refractivity contribution in [2.75, 3.05) is 6.61 Å². The Morgan fingerprint density at radius 3 is 2.14 bits per heavy atom. The highest BCUT2D eigenvalue weighted by atomic mass is 28.4. The lowest BCUT2D eigenvalue weighted by atomic mass is 9.68. The summed E-state index contributed by atoms with van der Waals surface area (Å²) in [6, 6.07) is 0. The molecule has 0 bridgehead atoms. The molecule has 1 aliphatic carbocycles. The maximum atomic E-state index is 6.44. The third-order valence-corrected chi connectivity index (χ3v) is 12.8. The zero-order valence-electron chi connectivity index (χ0n) is 21.2. The SMILES string of the molecule is CC(C)[C@@H]1CC[C@@H](C)C[C@H]1/C=C/[C@@](C)(CCCO[Si](C)(C)C(C)(C)C)C(C)C. The molecular weight excluding hydrogens is 356 g/mol. The summed E-state index contributed by atoms with van der Waals surface area (Å²) < 4.78 is 6.44. The second-order valence-corrected chi connectivity index (χ2v) is 17.0. The molecule has 28 heavy (non-hydrogen) atoms. The fourth-order valence-electron chi connectivity index (χ4n) is 4.40. The van der Waals surface area contributed by atoms with E-state index in [0.29, 0.717) is 11.0 Å². The van der Waals surface area contributed by atoms with Gasteiger partial charge in [0.25, 0.3) is 0 Å². The minimum Gasteiger partial charge on any atom is -0.417 e. The van der Waals surface area contributed by atoms with Crippen LogP contribution in [0.15, 0.2) is 12.2 Å². The fraction of sp³-hybridized carbons (Fsp3) is 0.923. The predicted octanol–water partition coefficient (Wildman–Crippen LogP) is 8.72. The summed E-state index contributed by atoms with van der Waals surface area (Å²) in [5.41, 5.74) is 0.277. The molecule has 1 saturated carbocycles. The van der Waals surface area contributed by atoms with Crippen molar-refractivity contribution in [1.82, 2.24) is 0 Å². The first kappa shape index (κ1) is 26.0. The Labute approximate surface area is 179 Å². The molecule has 1 rings (SSSR count). The smallest absolute Gasteiger partial charge is 0.191 e. The van der Waals surface area contributed by atoms with Gasteiger partial charge in [0.1, 0.15) is 0 Å². The molecule has 0 radical (unpaired) electrons. The van der Waals surface area contributed by atoms with Crippen LogP contribution in [0, 0.1) is 35.0 Å². The van der Waals surface area contributed by atoms with E-state index in [1.54, 1.807) is 0 Å². The second kappa shape index (κ2) is 10.3. The van der Waals surface area contributed by atoms with Gasteiger partial charge in [-0.25, -0.2) is 0 Å². The number of rotatable bonds is 9.